The predicted molar refractivity (Wildman–Crippen MR) is 180 cm³/mol. The Balaban J connectivity index is 0.942. The number of hydrogen-bond donors (Lipinski definition) is 1. The third kappa shape index (κ3) is 6.68. The molecule has 0 saturated carbocycles. The molecule has 0 atom stereocenters. The van der Waals surface area contributed by atoms with E-state index in [2.05, 4.69) is 35.8 Å². The third-order valence-electron chi connectivity index (χ3n) is 8.83. The molecule has 4 heterocycles. The van der Waals surface area contributed by atoms with Gasteiger partial charge in [0.2, 0.25) is 0 Å². The lowest BCUT2D eigenvalue weighted by Gasteiger charge is -2.45. The molecule has 2 aliphatic heterocycles. The van der Waals surface area contributed by atoms with Crippen molar-refractivity contribution in [2.24, 2.45) is 5.92 Å². The second kappa shape index (κ2) is 13.0. The molecule has 5 aromatic rings. The van der Waals surface area contributed by atoms with Gasteiger partial charge in [0, 0.05) is 74.6 Å². The third-order valence-corrected chi connectivity index (χ3v) is 8.83. The Morgan fingerprint density at radius 3 is 2.40 bits per heavy atom. The molecule has 2 fully saturated rings. The van der Waals surface area contributed by atoms with Gasteiger partial charge in [-0.1, -0.05) is 30.3 Å². The van der Waals surface area contributed by atoms with Crippen molar-refractivity contribution < 1.29 is 4.39 Å². The number of benzene rings is 3. The second-order valence-electron chi connectivity index (χ2n) is 12.1. The number of piperazine rings is 1. The first-order chi connectivity index (χ1) is 22.9. The largest absolute Gasteiger partial charge is 0.399 e. The highest BCUT2D eigenvalue weighted by Crippen LogP contribution is 2.29. The molecule has 10 nitrogen and oxygen atoms in total. The molecule has 47 heavy (non-hydrogen) atoms. The van der Waals surface area contributed by atoms with Gasteiger partial charge in [-0.15, -0.1) is 0 Å². The molecule has 2 aliphatic rings. The van der Waals surface area contributed by atoms with Gasteiger partial charge in [0.1, 0.15) is 5.82 Å². The van der Waals surface area contributed by atoms with Gasteiger partial charge >= 0.3 is 0 Å². The molecule has 7 rings (SSSR count). The highest BCUT2D eigenvalue weighted by Gasteiger charge is 2.31. The van der Waals surface area contributed by atoms with Crippen molar-refractivity contribution in [3.63, 3.8) is 0 Å². The monoisotopic (exact) mass is 627 g/mol. The maximum atomic E-state index is 14.3. The van der Waals surface area contributed by atoms with Crippen LogP contribution >= 0.6 is 0 Å². The van der Waals surface area contributed by atoms with Crippen LogP contribution in [0.2, 0.25) is 0 Å². The normalized spacial score (nSPS) is 15.3. The van der Waals surface area contributed by atoms with Crippen molar-refractivity contribution >= 4 is 17.1 Å². The standard InChI is InChI=1S/C36H34FN9O/c37-32-17-30(39)7-9-34(32)45-22-27(23-45)21-43-11-13-44(14-12-43)31-19-40-36(41-20-31)29-6-2-4-26(16-29)24-46-35(47)10-8-33(42-46)28-5-1-3-25(15-28)18-38/h1-10,15-17,19-20,27H,11-14,21-24,39H2. The number of hydrogen-bond acceptors (Lipinski definition) is 9. The first-order valence-corrected chi connectivity index (χ1v) is 15.7. The number of nitriles is 1. The van der Waals surface area contributed by atoms with Crippen molar-refractivity contribution in [2.75, 3.05) is 61.3 Å². The molecule has 0 aliphatic carbocycles. The summed E-state index contributed by atoms with van der Waals surface area (Å²) in [7, 11) is 0. The minimum atomic E-state index is -0.255. The lowest BCUT2D eigenvalue weighted by Crippen LogP contribution is -2.55. The van der Waals surface area contributed by atoms with Crippen molar-refractivity contribution in [2.45, 2.75) is 6.54 Å². The van der Waals surface area contributed by atoms with Crippen LogP contribution in [-0.2, 0) is 6.54 Å². The lowest BCUT2D eigenvalue weighted by molar-refractivity contribution is 0.199. The smallest absolute Gasteiger partial charge is 0.267 e. The SMILES string of the molecule is N#Cc1cccc(-c2ccc(=O)n(Cc3cccc(-c4ncc(N5CCN(CC6CN(c7ccc(N)cc7F)C6)CC5)cn4)c3)n2)c1. The van der Waals surface area contributed by atoms with Crippen LogP contribution in [0.25, 0.3) is 22.6 Å². The van der Waals surface area contributed by atoms with Crippen molar-refractivity contribution in [3.05, 3.63) is 119 Å². The molecule has 0 unspecified atom stereocenters. The zero-order valence-corrected chi connectivity index (χ0v) is 25.8. The molecule has 0 amide bonds. The maximum Gasteiger partial charge on any atom is 0.267 e. The van der Waals surface area contributed by atoms with E-state index in [4.69, 9.17) is 5.73 Å². The Bertz CT molecular complexity index is 1990. The molecular weight excluding hydrogens is 593 g/mol. The van der Waals surface area contributed by atoms with Gasteiger partial charge in [-0.25, -0.2) is 19.0 Å². The summed E-state index contributed by atoms with van der Waals surface area (Å²) in [6, 6.07) is 25.2. The fourth-order valence-electron chi connectivity index (χ4n) is 6.29. The molecule has 2 saturated heterocycles. The summed E-state index contributed by atoms with van der Waals surface area (Å²) in [4.78, 5) is 28.9. The van der Waals surface area contributed by atoms with E-state index in [1.807, 2.05) is 42.7 Å². The molecule has 2 aromatic heterocycles. The molecule has 11 heteroatoms. The van der Waals surface area contributed by atoms with Crippen molar-refractivity contribution in [1.29, 1.82) is 5.26 Å². The van der Waals surface area contributed by atoms with E-state index < -0.39 is 0 Å². The molecule has 0 radical (unpaired) electrons. The van der Waals surface area contributed by atoms with E-state index in [0.29, 0.717) is 34.4 Å². The number of nitrogens with two attached hydrogens (primary N) is 1. The zero-order chi connectivity index (χ0) is 32.3. The van der Waals surface area contributed by atoms with Crippen molar-refractivity contribution in [1.82, 2.24) is 24.6 Å². The number of nitrogens with zero attached hydrogens (tertiary/aromatic N) is 8. The number of aromatic nitrogens is 4. The zero-order valence-electron chi connectivity index (χ0n) is 25.8. The van der Waals surface area contributed by atoms with E-state index in [-0.39, 0.29) is 17.9 Å². The Morgan fingerprint density at radius 2 is 1.64 bits per heavy atom. The van der Waals surface area contributed by atoms with Crippen LogP contribution in [0.5, 0.6) is 0 Å². The van der Waals surface area contributed by atoms with Gasteiger partial charge < -0.3 is 15.5 Å². The fraction of sp³-hybridized carbons (Fsp3) is 0.250. The molecule has 3 aromatic carbocycles. The molecule has 236 valence electrons. The van der Waals surface area contributed by atoms with E-state index in [9.17, 15) is 14.4 Å². The highest BCUT2D eigenvalue weighted by atomic mass is 19.1. The summed E-state index contributed by atoms with van der Waals surface area (Å²) in [5, 5.41) is 13.8. The highest BCUT2D eigenvalue weighted by molar-refractivity contribution is 5.61. The van der Waals surface area contributed by atoms with Crippen LogP contribution < -0.4 is 21.1 Å². The first kappa shape index (κ1) is 30.1. The maximum absolute atomic E-state index is 14.3. The predicted octanol–water partition coefficient (Wildman–Crippen LogP) is 4.27. The Kier molecular flexibility index (Phi) is 8.33. The summed E-state index contributed by atoms with van der Waals surface area (Å²) >= 11 is 0. The van der Waals surface area contributed by atoms with Crippen LogP contribution in [0.4, 0.5) is 21.5 Å². The number of anilines is 3. The van der Waals surface area contributed by atoms with Gasteiger partial charge in [0.25, 0.3) is 5.56 Å². The molecular formula is C36H34FN9O. The summed E-state index contributed by atoms with van der Waals surface area (Å²) in [6.45, 7) is 6.70. The van der Waals surface area contributed by atoms with Gasteiger partial charge in [-0.2, -0.15) is 10.4 Å². The number of nitrogen functional groups attached to an aromatic ring is 1. The quantitative estimate of drug-likeness (QED) is 0.252. The van der Waals surface area contributed by atoms with Crippen LogP contribution in [-0.4, -0.2) is 70.5 Å². The topological polar surface area (TPSA) is 120 Å². The molecule has 0 spiro atoms. The lowest BCUT2D eigenvalue weighted by atomic mass is 9.98. The summed E-state index contributed by atoms with van der Waals surface area (Å²) < 4.78 is 15.7. The fourth-order valence-corrected chi connectivity index (χ4v) is 6.29. The van der Waals surface area contributed by atoms with Crippen LogP contribution in [0.15, 0.2) is 96.1 Å². The van der Waals surface area contributed by atoms with Gasteiger partial charge in [-0.3, -0.25) is 9.69 Å². The Morgan fingerprint density at radius 1 is 0.872 bits per heavy atom. The first-order valence-electron chi connectivity index (χ1n) is 15.7. The van der Waals surface area contributed by atoms with Crippen molar-refractivity contribution in [3.8, 4) is 28.7 Å². The minimum absolute atomic E-state index is 0.209. The van der Waals surface area contributed by atoms with Gasteiger partial charge in [0.05, 0.1) is 47.6 Å². The average Bonchev–Trinajstić information content (AvgIpc) is 3.08. The minimum Gasteiger partial charge on any atom is -0.399 e. The molecule has 2 N–H and O–H groups in total. The van der Waals surface area contributed by atoms with E-state index in [1.165, 1.54) is 16.8 Å². The Hall–Kier alpha value is -5.60. The number of halogens is 1. The summed E-state index contributed by atoms with van der Waals surface area (Å²) in [5.41, 5.74) is 11.2. The van der Waals surface area contributed by atoms with Crippen LogP contribution in [0.3, 0.4) is 0 Å². The molecule has 0 bridgehead atoms. The summed E-state index contributed by atoms with van der Waals surface area (Å²) in [6.07, 6.45) is 3.75. The van der Waals surface area contributed by atoms with Gasteiger partial charge in [-0.05, 0) is 48.0 Å². The summed E-state index contributed by atoms with van der Waals surface area (Å²) in [5.74, 6) is 0.884. The van der Waals surface area contributed by atoms with E-state index in [1.54, 1.807) is 36.4 Å². The Labute approximate surface area is 272 Å². The number of rotatable bonds is 8. The average molecular weight is 628 g/mol. The second-order valence-corrected chi connectivity index (χ2v) is 12.1. The van der Waals surface area contributed by atoms with Crippen LogP contribution in [0.1, 0.15) is 11.1 Å². The van der Waals surface area contributed by atoms with E-state index in [0.717, 1.165) is 68.2 Å². The van der Waals surface area contributed by atoms with E-state index >= 15 is 0 Å². The van der Waals surface area contributed by atoms with Crippen LogP contribution in [0, 0.1) is 23.1 Å². The van der Waals surface area contributed by atoms with Gasteiger partial charge in [0.15, 0.2) is 5.82 Å².